The molecule has 3 heterocycles. The van der Waals surface area contributed by atoms with Crippen molar-refractivity contribution < 1.29 is 9.21 Å². The molecule has 0 unspecified atom stereocenters. The molecule has 0 radical (unpaired) electrons. The number of para-hydroxylation sites is 2. The molecule has 0 aliphatic carbocycles. The van der Waals surface area contributed by atoms with E-state index in [1.807, 2.05) is 67.6 Å². The zero-order valence-electron chi connectivity index (χ0n) is 15.4. The first-order chi connectivity index (χ1) is 14.1. The van der Waals surface area contributed by atoms with E-state index < -0.39 is 0 Å². The van der Waals surface area contributed by atoms with Gasteiger partial charge in [0.2, 0.25) is 0 Å². The Kier molecular flexibility index (Phi) is 4.26. The molecule has 1 aliphatic heterocycles. The maximum atomic E-state index is 12.9. The van der Waals surface area contributed by atoms with Crippen LogP contribution in [0.25, 0.3) is 27.1 Å². The topological polar surface area (TPSA) is 58.4 Å². The summed E-state index contributed by atoms with van der Waals surface area (Å²) in [5.41, 5.74) is 3.06. The number of hydrogen-bond donors (Lipinski definition) is 1. The van der Waals surface area contributed by atoms with Crippen LogP contribution in [0.1, 0.15) is 11.3 Å². The first kappa shape index (κ1) is 17.8. The van der Waals surface area contributed by atoms with Gasteiger partial charge in [0.15, 0.2) is 15.9 Å². The fourth-order valence-corrected chi connectivity index (χ4v) is 4.45. The van der Waals surface area contributed by atoms with Gasteiger partial charge >= 0.3 is 0 Å². The van der Waals surface area contributed by atoms with Crippen LogP contribution in [-0.4, -0.2) is 16.0 Å². The summed E-state index contributed by atoms with van der Waals surface area (Å²) < 4.78 is 7.03. The van der Waals surface area contributed by atoms with Gasteiger partial charge in [0.1, 0.15) is 11.5 Å². The van der Waals surface area contributed by atoms with Crippen molar-refractivity contribution in [3.05, 3.63) is 77.7 Å². The second-order valence-corrected chi connectivity index (χ2v) is 8.02. The van der Waals surface area contributed by atoms with Crippen molar-refractivity contribution in [1.29, 1.82) is 0 Å². The standard InChI is InChI=1S/C22H15N3O2S2/c1-13-6-2-4-8-17(13)25-21(26)16(24-22(25)28)12-14-10-11-18(27-14)20-23-15-7-3-5-9-19(15)29-20/h2-12H,1H3,(H,24,28)/b16-12+. The van der Waals surface area contributed by atoms with Gasteiger partial charge in [-0.3, -0.25) is 9.69 Å². The lowest BCUT2D eigenvalue weighted by molar-refractivity contribution is -0.113. The minimum Gasteiger partial charge on any atom is -0.454 e. The highest BCUT2D eigenvalue weighted by molar-refractivity contribution is 7.80. The maximum Gasteiger partial charge on any atom is 0.281 e. The van der Waals surface area contributed by atoms with Crippen molar-refractivity contribution in [2.24, 2.45) is 0 Å². The lowest BCUT2D eigenvalue weighted by Crippen LogP contribution is -2.30. The molecule has 0 bridgehead atoms. The number of amides is 1. The number of fused-ring (bicyclic) bond motifs is 1. The van der Waals surface area contributed by atoms with Gasteiger partial charge in [-0.1, -0.05) is 30.3 Å². The van der Waals surface area contributed by atoms with Crippen molar-refractivity contribution in [2.75, 3.05) is 4.90 Å². The summed E-state index contributed by atoms with van der Waals surface area (Å²) in [5, 5.41) is 4.15. The number of carbonyl (C=O) groups excluding carboxylic acids is 1. The molecule has 142 valence electrons. The third-order valence-corrected chi connectivity index (χ3v) is 5.99. The zero-order valence-corrected chi connectivity index (χ0v) is 17.0. The summed E-state index contributed by atoms with van der Waals surface area (Å²) >= 11 is 6.95. The van der Waals surface area contributed by atoms with Gasteiger partial charge in [-0.25, -0.2) is 4.98 Å². The van der Waals surface area contributed by atoms with Gasteiger partial charge < -0.3 is 9.73 Å². The number of thiocarbonyl (C=S) groups is 1. The lowest BCUT2D eigenvalue weighted by atomic mass is 10.2. The predicted octanol–water partition coefficient (Wildman–Crippen LogP) is 5.13. The minimum absolute atomic E-state index is 0.206. The average Bonchev–Trinajstić information content (AvgIpc) is 3.41. The van der Waals surface area contributed by atoms with E-state index in [4.69, 9.17) is 16.6 Å². The van der Waals surface area contributed by atoms with Gasteiger partial charge in [0.25, 0.3) is 5.91 Å². The van der Waals surface area contributed by atoms with Gasteiger partial charge in [-0.15, -0.1) is 11.3 Å². The first-order valence-corrected chi connectivity index (χ1v) is 10.2. The first-order valence-electron chi connectivity index (χ1n) is 8.99. The Labute approximate surface area is 176 Å². The van der Waals surface area contributed by atoms with E-state index in [1.165, 1.54) is 4.90 Å². The van der Waals surface area contributed by atoms with Crippen molar-refractivity contribution >= 4 is 56.6 Å². The molecule has 1 amide bonds. The fourth-order valence-electron chi connectivity index (χ4n) is 3.23. The van der Waals surface area contributed by atoms with E-state index in [-0.39, 0.29) is 5.91 Å². The Bertz CT molecular complexity index is 1270. The SMILES string of the molecule is Cc1ccccc1N1C(=O)/C(=C\c2ccc(-c3nc4ccccc4s3)o2)NC1=S. The molecular formula is C22H15N3O2S2. The number of aromatic nitrogens is 1. The Morgan fingerprint density at radius 2 is 1.90 bits per heavy atom. The molecule has 0 atom stereocenters. The molecule has 1 N–H and O–H groups in total. The maximum absolute atomic E-state index is 12.9. The molecule has 2 aromatic heterocycles. The second kappa shape index (κ2) is 6.95. The lowest BCUT2D eigenvalue weighted by Gasteiger charge is -2.16. The molecule has 1 fully saturated rings. The van der Waals surface area contributed by atoms with Crippen molar-refractivity contribution in [1.82, 2.24) is 10.3 Å². The Balaban J connectivity index is 1.45. The summed E-state index contributed by atoms with van der Waals surface area (Å²) in [5.74, 6) is 1.02. The van der Waals surface area contributed by atoms with E-state index in [2.05, 4.69) is 10.3 Å². The van der Waals surface area contributed by atoms with Crippen LogP contribution in [0, 0.1) is 6.92 Å². The summed E-state index contributed by atoms with van der Waals surface area (Å²) in [4.78, 5) is 19.0. The van der Waals surface area contributed by atoms with Crippen molar-refractivity contribution in [3.63, 3.8) is 0 Å². The van der Waals surface area contributed by atoms with E-state index in [0.29, 0.717) is 22.3 Å². The number of thiazole rings is 1. The molecule has 2 aromatic carbocycles. The molecule has 1 aliphatic rings. The van der Waals surface area contributed by atoms with Gasteiger partial charge in [-0.2, -0.15) is 0 Å². The van der Waals surface area contributed by atoms with Gasteiger partial charge in [-0.05, 0) is 55.0 Å². The molecule has 0 saturated carbocycles. The minimum atomic E-state index is -0.206. The molecule has 4 aromatic rings. The number of carbonyl (C=O) groups is 1. The monoisotopic (exact) mass is 417 g/mol. The smallest absolute Gasteiger partial charge is 0.281 e. The fraction of sp³-hybridized carbons (Fsp3) is 0.0455. The largest absolute Gasteiger partial charge is 0.454 e. The molecule has 7 heteroatoms. The Morgan fingerprint density at radius 1 is 1.10 bits per heavy atom. The number of nitrogens with one attached hydrogen (secondary N) is 1. The van der Waals surface area contributed by atoms with Crippen LogP contribution < -0.4 is 10.2 Å². The molecule has 29 heavy (non-hydrogen) atoms. The normalized spacial score (nSPS) is 15.5. The number of hydrogen-bond acceptors (Lipinski definition) is 5. The molecular weight excluding hydrogens is 402 g/mol. The number of aryl methyl sites for hydroxylation is 1. The molecule has 5 nitrogen and oxygen atoms in total. The second-order valence-electron chi connectivity index (χ2n) is 6.60. The van der Waals surface area contributed by atoms with Crippen LogP contribution in [0.5, 0.6) is 0 Å². The highest BCUT2D eigenvalue weighted by Gasteiger charge is 2.33. The quantitative estimate of drug-likeness (QED) is 0.370. The predicted molar refractivity (Wildman–Crippen MR) is 120 cm³/mol. The zero-order chi connectivity index (χ0) is 20.0. The van der Waals surface area contributed by atoms with Gasteiger partial charge in [0.05, 0.1) is 15.9 Å². The van der Waals surface area contributed by atoms with Crippen molar-refractivity contribution in [3.8, 4) is 10.8 Å². The van der Waals surface area contributed by atoms with Crippen LogP contribution in [-0.2, 0) is 4.79 Å². The van der Waals surface area contributed by atoms with E-state index in [0.717, 1.165) is 26.5 Å². The molecule has 5 rings (SSSR count). The number of anilines is 1. The highest BCUT2D eigenvalue weighted by Crippen LogP contribution is 2.32. The summed E-state index contributed by atoms with van der Waals surface area (Å²) in [6.45, 7) is 1.95. The molecule has 1 saturated heterocycles. The van der Waals surface area contributed by atoms with Crippen LogP contribution in [0.4, 0.5) is 5.69 Å². The van der Waals surface area contributed by atoms with E-state index in [9.17, 15) is 4.79 Å². The summed E-state index contributed by atoms with van der Waals surface area (Å²) in [6, 6.07) is 19.3. The average molecular weight is 418 g/mol. The molecule has 0 spiro atoms. The highest BCUT2D eigenvalue weighted by atomic mass is 32.1. The van der Waals surface area contributed by atoms with Gasteiger partial charge in [0, 0.05) is 6.08 Å². The Morgan fingerprint density at radius 3 is 2.72 bits per heavy atom. The third kappa shape index (κ3) is 3.14. The number of rotatable bonds is 3. The number of benzene rings is 2. The van der Waals surface area contributed by atoms with Crippen LogP contribution in [0.2, 0.25) is 0 Å². The number of nitrogens with zero attached hydrogens (tertiary/aromatic N) is 2. The third-order valence-electron chi connectivity index (χ3n) is 4.65. The van der Waals surface area contributed by atoms with Crippen LogP contribution in [0.15, 0.2) is 70.8 Å². The Hall–Kier alpha value is -3.29. The summed E-state index contributed by atoms with van der Waals surface area (Å²) in [7, 11) is 0. The van der Waals surface area contributed by atoms with Crippen LogP contribution >= 0.6 is 23.6 Å². The van der Waals surface area contributed by atoms with Crippen LogP contribution in [0.3, 0.4) is 0 Å². The van der Waals surface area contributed by atoms with E-state index >= 15 is 0 Å². The summed E-state index contributed by atoms with van der Waals surface area (Å²) in [6.07, 6.45) is 1.67. The van der Waals surface area contributed by atoms with Crippen molar-refractivity contribution in [2.45, 2.75) is 6.92 Å². The number of furan rings is 1. The van der Waals surface area contributed by atoms with E-state index in [1.54, 1.807) is 17.4 Å².